The van der Waals surface area contributed by atoms with Gasteiger partial charge in [-0.25, -0.2) is 9.18 Å². The molecule has 38 heavy (non-hydrogen) atoms. The van der Waals surface area contributed by atoms with Crippen molar-refractivity contribution in [3.05, 3.63) is 113 Å². The monoisotopic (exact) mass is 530 g/mol. The molecule has 0 saturated carbocycles. The maximum Gasteiger partial charge on any atom is 0.490 e. The van der Waals surface area contributed by atoms with Gasteiger partial charge in [-0.3, -0.25) is 4.79 Å². The zero-order valence-electron chi connectivity index (χ0n) is 20.2. The first-order valence-corrected chi connectivity index (χ1v) is 11.6. The van der Waals surface area contributed by atoms with Crippen molar-refractivity contribution in [2.75, 3.05) is 19.7 Å². The number of carboxylic acids is 1. The lowest BCUT2D eigenvalue weighted by Crippen LogP contribution is -2.40. The number of carbonyl (C=O) groups is 2. The van der Waals surface area contributed by atoms with Gasteiger partial charge >= 0.3 is 12.1 Å². The van der Waals surface area contributed by atoms with Crippen molar-refractivity contribution in [3.8, 4) is 5.75 Å². The molecule has 1 heterocycles. The summed E-state index contributed by atoms with van der Waals surface area (Å²) in [6.45, 7) is 0.832. The molecular weight excluding hydrogens is 504 g/mol. The van der Waals surface area contributed by atoms with Crippen molar-refractivity contribution in [2.24, 2.45) is 5.73 Å². The Morgan fingerprint density at radius 1 is 1.00 bits per heavy atom. The van der Waals surface area contributed by atoms with Crippen molar-refractivity contribution >= 4 is 11.9 Å². The summed E-state index contributed by atoms with van der Waals surface area (Å²) in [5.74, 6) is -2.22. The van der Waals surface area contributed by atoms with Crippen molar-refractivity contribution in [1.29, 1.82) is 0 Å². The molecule has 1 atom stereocenters. The molecule has 0 bridgehead atoms. The van der Waals surface area contributed by atoms with Crippen LogP contribution in [-0.4, -0.2) is 47.8 Å². The molecule has 6 nitrogen and oxygen atoms in total. The molecule has 0 saturated heterocycles. The topological polar surface area (TPSA) is 92.9 Å². The summed E-state index contributed by atoms with van der Waals surface area (Å²) in [5, 5.41) is 7.12. The van der Waals surface area contributed by atoms with Crippen LogP contribution in [0.25, 0.3) is 0 Å². The molecule has 3 aromatic rings. The number of hydrogen-bond donors (Lipinski definition) is 2. The van der Waals surface area contributed by atoms with Crippen LogP contribution in [0.15, 0.2) is 90.8 Å². The lowest BCUT2D eigenvalue weighted by molar-refractivity contribution is -0.192. The number of nitrogens with zero attached hydrogens (tertiary/aromatic N) is 1. The van der Waals surface area contributed by atoms with E-state index in [1.165, 1.54) is 11.1 Å². The van der Waals surface area contributed by atoms with Gasteiger partial charge in [0.15, 0.2) is 0 Å². The van der Waals surface area contributed by atoms with Crippen LogP contribution in [0, 0.1) is 0 Å². The molecule has 3 aromatic carbocycles. The number of rotatable bonds is 6. The van der Waals surface area contributed by atoms with Gasteiger partial charge in [-0.05, 0) is 47.4 Å². The standard InChI is InChI=1S/C26H25FN2O2.C2HF3O2/c27-16-19(17-28)18-31-23-12-10-22(11-13-23)26(30)29-15-14-20-6-4-5-9-24(20)25(29)21-7-2-1-3-8-21;3-2(4,5)1(6)7/h1-13,16,25H,14-15,17-18,28H2;(H,6,7)/t25-;/m0./s1. The quantitative estimate of drug-likeness (QED) is 0.422. The molecule has 1 aliphatic rings. The van der Waals surface area contributed by atoms with E-state index in [9.17, 15) is 22.4 Å². The highest BCUT2D eigenvalue weighted by molar-refractivity contribution is 5.95. The Labute approximate surface area is 216 Å². The van der Waals surface area contributed by atoms with Crippen LogP contribution in [0.2, 0.25) is 0 Å². The van der Waals surface area contributed by atoms with Gasteiger partial charge in [0.25, 0.3) is 5.91 Å². The third kappa shape index (κ3) is 7.19. The summed E-state index contributed by atoms with van der Waals surface area (Å²) in [4.78, 5) is 24.3. The Morgan fingerprint density at radius 2 is 1.61 bits per heavy atom. The summed E-state index contributed by atoms with van der Waals surface area (Å²) in [7, 11) is 0. The van der Waals surface area contributed by atoms with Gasteiger partial charge in [-0.2, -0.15) is 13.2 Å². The summed E-state index contributed by atoms with van der Waals surface area (Å²) in [6, 6.07) is 25.3. The van der Waals surface area contributed by atoms with E-state index in [1.54, 1.807) is 24.3 Å². The van der Waals surface area contributed by atoms with Gasteiger partial charge in [-0.1, -0.05) is 54.6 Å². The third-order valence-electron chi connectivity index (χ3n) is 5.84. The number of halogens is 4. The summed E-state index contributed by atoms with van der Waals surface area (Å²) in [6.07, 6.45) is -3.79. The van der Waals surface area contributed by atoms with Crippen molar-refractivity contribution in [3.63, 3.8) is 0 Å². The second kappa shape index (κ2) is 12.9. The fourth-order valence-corrected chi connectivity index (χ4v) is 3.95. The molecule has 3 N–H and O–H groups in total. The fraction of sp³-hybridized carbons (Fsp3) is 0.214. The summed E-state index contributed by atoms with van der Waals surface area (Å²) >= 11 is 0. The van der Waals surface area contributed by atoms with Crippen LogP contribution in [0.5, 0.6) is 5.75 Å². The Balaban J connectivity index is 0.000000505. The normalized spacial score (nSPS) is 15.1. The van der Waals surface area contributed by atoms with Gasteiger partial charge in [0.05, 0.1) is 12.4 Å². The minimum atomic E-state index is -5.08. The smallest absolute Gasteiger partial charge is 0.489 e. The number of benzene rings is 3. The minimum Gasteiger partial charge on any atom is -0.489 e. The van der Waals surface area contributed by atoms with Crippen LogP contribution in [0.3, 0.4) is 0 Å². The van der Waals surface area contributed by atoms with E-state index in [0.717, 1.165) is 12.0 Å². The molecule has 0 unspecified atom stereocenters. The maximum absolute atomic E-state index is 13.5. The number of carbonyl (C=O) groups excluding carboxylic acids is 1. The van der Waals surface area contributed by atoms with E-state index in [0.29, 0.717) is 29.8 Å². The van der Waals surface area contributed by atoms with E-state index in [-0.39, 0.29) is 25.1 Å². The van der Waals surface area contributed by atoms with Crippen molar-refractivity contribution in [1.82, 2.24) is 4.90 Å². The van der Waals surface area contributed by atoms with Crippen molar-refractivity contribution in [2.45, 2.75) is 18.6 Å². The van der Waals surface area contributed by atoms with E-state index >= 15 is 0 Å². The molecule has 4 rings (SSSR count). The molecule has 200 valence electrons. The number of nitrogens with two attached hydrogens (primary N) is 1. The highest BCUT2D eigenvalue weighted by atomic mass is 19.4. The Morgan fingerprint density at radius 3 is 2.18 bits per heavy atom. The zero-order chi connectivity index (χ0) is 27.7. The van der Waals surface area contributed by atoms with E-state index in [2.05, 4.69) is 24.3 Å². The molecule has 0 spiro atoms. The van der Waals surface area contributed by atoms with Crippen LogP contribution >= 0.6 is 0 Å². The average Bonchev–Trinajstić information content (AvgIpc) is 2.93. The highest BCUT2D eigenvalue weighted by Crippen LogP contribution is 2.36. The molecule has 10 heteroatoms. The molecular formula is C28H26F4N2O4. The maximum atomic E-state index is 13.5. The van der Waals surface area contributed by atoms with Crippen molar-refractivity contribution < 1.29 is 37.0 Å². The molecule has 0 aromatic heterocycles. The Hall–Kier alpha value is -4.18. The van der Waals surface area contributed by atoms with Crippen LogP contribution < -0.4 is 10.5 Å². The Kier molecular flexibility index (Phi) is 9.61. The molecule has 0 fully saturated rings. The summed E-state index contributed by atoms with van der Waals surface area (Å²) < 4.78 is 49.9. The van der Waals surface area contributed by atoms with Gasteiger partial charge in [0.1, 0.15) is 12.4 Å². The van der Waals surface area contributed by atoms with Crippen LogP contribution in [0.4, 0.5) is 17.6 Å². The number of amides is 1. The number of alkyl halides is 3. The number of carboxylic acid groups (broad SMARTS) is 1. The molecule has 0 aliphatic carbocycles. The second-order valence-electron chi connectivity index (χ2n) is 8.35. The van der Waals surface area contributed by atoms with Crippen LogP contribution in [0.1, 0.15) is 33.1 Å². The number of fused-ring (bicyclic) bond motifs is 1. The lowest BCUT2D eigenvalue weighted by atomic mass is 9.88. The number of hydrogen-bond acceptors (Lipinski definition) is 4. The number of ether oxygens (including phenoxy) is 1. The predicted molar refractivity (Wildman–Crippen MR) is 133 cm³/mol. The largest absolute Gasteiger partial charge is 0.490 e. The lowest BCUT2D eigenvalue weighted by Gasteiger charge is -2.38. The fourth-order valence-electron chi connectivity index (χ4n) is 3.95. The first-order chi connectivity index (χ1) is 18.2. The predicted octanol–water partition coefficient (Wildman–Crippen LogP) is 5.30. The Bertz CT molecular complexity index is 1260. The van der Waals surface area contributed by atoms with Crippen LogP contribution in [-0.2, 0) is 11.2 Å². The highest BCUT2D eigenvalue weighted by Gasteiger charge is 2.38. The average molecular weight is 531 g/mol. The van der Waals surface area contributed by atoms with Gasteiger partial charge in [-0.15, -0.1) is 0 Å². The molecule has 1 amide bonds. The summed E-state index contributed by atoms with van der Waals surface area (Å²) in [5.41, 5.74) is 9.95. The van der Waals surface area contributed by atoms with E-state index in [4.69, 9.17) is 20.4 Å². The van der Waals surface area contributed by atoms with Gasteiger partial charge < -0.3 is 20.5 Å². The molecule has 0 radical (unpaired) electrons. The first-order valence-electron chi connectivity index (χ1n) is 11.6. The van der Waals surface area contributed by atoms with E-state index < -0.39 is 12.1 Å². The SMILES string of the molecule is NCC(=CF)COc1ccc(C(=O)N2CCc3ccccc3[C@@H]2c2ccccc2)cc1.O=C(O)C(F)(F)F. The number of aliphatic carboxylic acids is 1. The first kappa shape index (κ1) is 28.4. The third-order valence-corrected chi connectivity index (χ3v) is 5.84. The second-order valence-corrected chi connectivity index (χ2v) is 8.35. The van der Waals surface area contributed by atoms with Gasteiger partial charge in [0.2, 0.25) is 0 Å². The van der Waals surface area contributed by atoms with E-state index in [1.807, 2.05) is 35.2 Å². The molecule has 1 aliphatic heterocycles. The zero-order valence-corrected chi connectivity index (χ0v) is 20.2. The van der Waals surface area contributed by atoms with Gasteiger partial charge in [0, 0.05) is 24.2 Å². The minimum absolute atomic E-state index is 0.0267.